The fourth-order valence-electron chi connectivity index (χ4n) is 2.61. The van der Waals surface area contributed by atoms with E-state index < -0.39 is 4.92 Å². The van der Waals surface area contributed by atoms with Gasteiger partial charge in [-0.15, -0.1) is 0 Å². The topological polar surface area (TPSA) is 114 Å². The monoisotopic (exact) mass is 384 g/mol. The van der Waals surface area contributed by atoms with Crippen LogP contribution in [0.5, 0.6) is 0 Å². The molecule has 138 valence electrons. The Hall–Kier alpha value is -3.20. The van der Waals surface area contributed by atoms with Gasteiger partial charge in [0.05, 0.1) is 10.6 Å². The fraction of sp³-hybridized carbons (Fsp3) is 0.167. The van der Waals surface area contributed by atoms with Gasteiger partial charge in [0.1, 0.15) is 0 Å². The number of hydrogen-bond donors (Lipinski definition) is 2. The molecule has 0 aromatic heterocycles. The van der Waals surface area contributed by atoms with Crippen LogP contribution >= 0.6 is 11.8 Å². The van der Waals surface area contributed by atoms with E-state index in [0.29, 0.717) is 17.0 Å². The van der Waals surface area contributed by atoms with Crippen molar-refractivity contribution in [2.24, 2.45) is 11.0 Å². The highest BCUT2D eigenvalue weighted by Gasteiger charge is 2.21. The number of nitrogens with zero attached hydrogens (tertiary/aromatic N) is 2. The molecule has 9 heteroatoms. The maximum absolute atomic E-state index is 12.1. The zero-order valence-corrected chi connectivity index (χ0v) is 15.2. The van der Waals surface area contributed by atoms with Crippen molar-refractivity contribution in [3.63, 3.8) is 0 Å². The summed E-state index contributed by atoms with van der Waals surface area (Å²) in [4.78, 5) is 34.2. The zero-order valence-electron chi connectivity index (χ0n) is 14.3. The lowest BCUT2D eigenvalue weighted by Crippen LogP contribution is -2.31. The highest BCUT2D eigenvalue weighted by Crippen LogP contribution is 2.24. The van der Waals surface area contributed by atoms with Crippen LogP contribution in [0.15, 0.2) is 58.5 Å². The van der Waals surface area contributed by atoms with Crippen LogP contribution in [-0.2, 0) is 4.79 Å². The Morgan fingerprint density at radius 2 is 1.89 bits per heavy atom. The number of non-ortho nitro benzene ring substituents is 1. The van der Waals surface area contributed by atoms with Crippen LogP contribution in [-0.4, -0.2) is 21.8 Å². The van der Waals surface area contributed by atoms with Gasteiger partial charge in [-0.3, -0.25) is 19.7 Å². The number of thioether (sulfide) groups is 1. The lowest BCUT2D eigenvalue weighted by molar-refractivity contribution is -0.384. The van der Waals surface area contributed by atoms with Crippen LogP contribution in [0.1, 0.15) is 18.9 Å². The normalized spacial score (nSPS) is 16.3. The van der Waals surface area contributed by atoms with Gasteiger partial charge in [0.15, 0.2) is 0 Å². The van der Waals surface area contributed by atoms with Crippen LogP contribution in [0, 0.1) is 16.0 Å². The molecule has 0 fully saturated rings. The van der Waals surface area contributed by atoms with Gasteiger partial charge in [0, 0.05) is 35.1 Å². The SMILES string of the molecule is CC1CC(=O)NN=C1c1ccc(NC(=O)Sc2ccc([N+](=O)[O-])cc2)cc1. The van der Waals surface area contributed by atoms with Crippen molar-refractivity contribution in [3.05, 3.63) is 64.2 Å². The second kappa shape index (κ2) is 8.00. The van der Waals surface area contributed by atoms with Crippen molar-refractivity contribution in [1.29, 1.82) is 0 Å². The Morgan fingerprint density at radius 3 is 2.48 bits per heavy atom. The van der Waals surface area contributed by atoms with E-state index in [-0.39, 0.29) is 22.8 Å². The van der Waals surface area contributed by atoms with Crippen LogP contribution in [0.4, 0.5) is 16.2 Å². The minimum absolute atomic E-state index is 0.0219. The van der Waals surface area contributed by atoms with Gasteiger partial charge in [-0.05, 0) is 41.6 Å². The third-order valence-corrected chi connectivity index (χ3v) is 4.74. The van der Waals surface area contributed by atoms with Gasteiger partial charge >= 0.3 is 0 Å². The minimum atomic E-state index is -0.487. The summed E-state index contributed by atoms with van der Waals surface area (Å²) in [5.41, 5.74) is 4.75. The van der Waals surface area contributed by atoms with Crippen LogP contribution in [0.25, 0.3) is 0 Å². The molecule has 27 heavy (non-hydrogen) atoms. The van der Waals surface area contributed by atoms with Crippen LogP contribution in [0.2, 0.25) is 0 Å². The predicted octanol–water partition coefficient (Wildman–Crippen LogP) is 3.78. The van der Waals surface area contributed by atoms with E-state index in [2.05, 4.69) is 15.8 Å². The summed E-state index contributed by atoms with van der Waals surface area (Å²) in [6, 6.07) is 13.0. The molecule has 2 aromatic rings. The molecule has 0 bridgehead atoms. The highest BCUT2D eigenvalue weighted by atomic mass is 32.2. The van der Waals surface area contributed by atoms with E-state index in [1.54, 1.807) is 12.1 Å². The molecule has 1 heterocycles. The summed E-state index contributed by atoms with van der Waals surface area (Å²) in [6.07, 6.45) is 0.392. The van der Waals surface area contributed by atoms with Crippen molar-refractivity contribution in [2.45, 2.75) is 18.2 Å². The molecule has 0 saturated heterocycles. The Balaban J connectivity index is 1.61. The largest absolute Gasteiger partial charge is 0.317 e. The minimum Gasteiger partial charge on any atom is -0.317 e. The molecule has 1 unspecified atom stereocenters. The van der Waals surface area contributed by atoms with Crippen molar-refractivity contribution in [3.8, 4) is 0 Å². The van der Waals surface area contributed by atoms with Gasteiger partial charge in [0.2, 0.25) is 5.91 Å². The summed E-state index contributed by atoms with van der Waals surface area (Å²) in [5.74, 6) is -0.0738. The smallest absolute Gasteiger partial charge is 0.288 e. The molecule has 1 aliphatic heterocycles. The first-order valence-electron chi connectivity index (χ1n) is 8.12. The first kappa shape index (κ1) is 18.6. The number of carbonyl (C=O) groups is 2. The molecule has 0 saturated carbocycles. The number of nitro groups is 1. The third kappa shape index (κ3) is 4.70. The maximum atomic E-state index is 12.1. The standard InChI is InChI=1S/C18H16N4O4S/c1-11-10-16(23)20-21-17(11)12-2-4-13(5-3-12)19-18(24)27-15-8-6-14(7-9-15)22(25)26/h2-9,11H,10H2,1H3,(H,19,24)(H,20,23). The average molecular weight is 384 g/mol. The number of hydrogen-bond acceptors (Lipinski definition) is 6. The molecule has 0 aliphatic carbocycles. The van der Waals surface area contributed by atoms with Gasteiger partial charge in [-0.2, -0.15) is 5.10 Å². The summed E-state index contributed by atoms with van der Waals surface area (Å²) in [5, 5.41) is 17.2. The molecule has 0 radical (unpaired) electrons. The van der Waals surface area contributed by atoms with Gasteiger partial charge in [-0.25, -0.2) is 5.43 Å². The first-order chi connectivity index (χ1) is 12.9. The van der Waals surface area contributed by atoms with Crippen LogP contribution < -0.4 is 10.7 Å². The lowest BCUT2D eigenvalue weighted by Gasteiger charge is -2.19. The molecule has 0 spiro atoms. The number of carbonyl (C=O) groups excluding carboxylic acids is 2. The van der Waals surface area contributed by atoms with Gasteiger partial charge < -0.3 is 5.32 Å². The van der Waals surface area contributed by atoms with E-state index in [0.717, 1.165) is 23.0 Å². The third-order valence-electron chi connectivity index (χ3n) is 3.94. The van der Waals surface area contributed by atoms with E-state index in [9.17, 15) is 19.7 Å². The Morgan fingerprint density at radius 1 is 1.22 bits per heavy atom. The predicted molar refractivity (Wildman–Crippen MR) is 103 cm³/mol. The van der Waals surface area contributed by atoms with Crippen molar-refractivity contribution >= 4 is 40.0 Å². The zero-order chi connectivity index (χ0) is 19.4. The first-order valence-corrected chi connectivity index (χ1v) is 8.94. The van der Waals surface area contributed by atoms with Gasteiger partial charge in [-0.1, -0.05) is 19.1 Å². The fourth-order valence-corrected chi connectivity index (χ4v) is 3.27. The number of rotatable bonds is 4. The number of hydrazone groups is 1. The number of anilines is 1. The number of nitro benzene ring substituents is 1. The highest BCUT2D eigenvalue weighted by molar-refractivity contribution is 8.13. The second-order valence-electron chi connectivity index (χ2n) is 5.98. The number of benzene rings is 2. The molecule has 2 N–H and O–H groups in total. The Bertz CT molecular complexity index is 910. The maximum Gasteiger partial charge on any atom is 0.288 e. The van der Waals surface area contributed by atoms with Gasteiger partial charge in [0.25, 0.3) is 10.9 Å². The summed E-state index contributed by atoms with van der Waals surface area (Å²) in [6.45, 7) is 1.94. The molecule has 1 atom stereocenters. The number of nitrogens with one attached hydrogen (secondary N) is 2. The Labute approximate surface area is 159 Å². The molecule has 2 aromatic carbocycles. The molecular weight excluding hydrogens is 368 g/mol. The summed E-state index contributed by atoms with van der Waals surface area (Å²) in [7, 11) is 0. The lowest BCUT2D eigenvalue weighted by atomic mass is 9.94. The molecule has 2 amide bonds. The van der Waals surface area contributed by atoms with E-state index in [4.69, 9.17) is 0 Å². The van der Waals surface area contributed by atoms with E-state index in [1.807, 2.05) is 19.1 Å². The Kier molecular flexibility index (Phi) is 5.51. The summed E-state index contributed by atoms with van der Waals surface area (Å²) >= 11 is 0.948. The van der Waals surface area contributed by atoms with Crippen LogP contribution in [0.3, 0.4) is 0 Å². The summed E-state index contributed by atoms with van der Waals surface area (Å²) < 4.78 is 0. The van der Waals surface area contributed by atoms with Crippen molar-refractivity contribution in [2.75, 3.05) is 5.32 Å². The molecule has 8 nitrogen and oxygen atoms in total. The number of amides is 2. The second-order valence-corrected chi connectivity index (χ2v) is 7.03. The van der Waals surface area contributed by atoms with E-state index >= 15 is 0 Å². The molecule has 1 aliphatic rings. The van der Waals surface area contributed by atoms with E-state index in [1.165, 1.54) is 24.3 Å². The molecular formula is C18H16N4O4S. The quantitative estimate of drug-likeness (QED) is 0.473. The average Bonchev–Trinajstić information content (AvgIpc) is 2.63. The van der Waals surface area contributed by atoms with Crippen molar-refractivity contribution < 1.29 is 14.5 Å². The van der Waals surface area contributed by atoms with Crippen molar-refractivity contribution in [1.82, 2.24) is 5.43 Å². The molecule has 3 rings (SSSR count).